The van der Waals surface area contributed by atoms with E-state index in [9.17, 15) is 40.3 Å². The van der Waals surface area contributed by atoms with Gasteiger partial charge in [-0.05, 0) is 211 Å². The minimum Gasteiger partial charge on any atom is -0.744 e. The van der Waals surface area contributed by atoms with E-state index < -0.39 is 26.2 Å². The van der Waals surface area contributed by atoms with E-state index in [1.807, 2.05) is 54.6 Å². The van der Waals surface area contributed by atoms with Crippen LogP contribution in [-0.2, 0) is 51.6 Å². The summed E-state index contributed by atoms with van der Waals surface area (Å²) in [6.07, 6.45) is 14.1. The number of esters is 1. The molecule has 1 saturated heterocycles. The van der Waals surface area contributed by atoms with Crippen molar-refractivity contribution < 1.29 is 54.5 Å². The van der Waals surface area contributed by atoms with Crippen LogP contribution >= 0.6 is 0 Å². The van der Waals surface area contributed by atoms with Gasteiger partial charge in [0.1, 0.15) is 49.0 Å². The number of carbonyl (C=O) groups excluding carboxylic acids is 3. The number of ether oxygens (including phenoxy) is 3. The summed E-state index contributed by atoms with van der Waals surface area (Å²) in [5, 5.41) is 4.82. The molecular formula is C85H93NO12S4. The van der Waals surface area contributed by atoms with Crippen LogP contribution < -0.4 is 19.5 Å². The van der Waals surface area contributed by atoms with Gasteiger partial charge < -0.3 is 28.6 Å². The fourth-order valence-corrected chi connectivity index (χ4v) is 17.8. The molecule has 1 aliphatic heterocycles. The van der Waals surface area contributed by atoms with E-state index >= 15 is 0 Å². The fraction of sp³-hybridized carbons (Fsp3) is 0.306. The summed E-state index contributed by atoms with van der Waals surface area (Å²) in [5.41, 5.74) is 5.60. The lowest BCUT2D eigenvalue weighted by Crippen LogP contribution is -2.17. The molecule has 534 valence electrons. The molecule has 0 radical (unpaired) electrons. The van der Waals surface area contributed by atoms with Crippen molar-refractivity contribution in [2.75, 3.05) is 35.8 Å². The van der Waals surface area contributed by atoms with Gasteiger partial charge in [-0.3, -0.25) is 14.4 Å². The average molecular weight is 1450 g/mol. The maximum Gasteiger partial charge on any atom is 0.311 e. The zero-order valence-electron chi connectivity index (χ0n) is 58.7. The number of benzene rings is 10. The molecule has 13 nitrogen and oxygen atoms in total. The Labute approximate surface area is 609 Å². The monoisotopic (exact) mass is 1450 g/mol. The van der Waals surface area contributed by atoms with Gasteiger partial charge in [-0.15, -0.1) is 0 Å². The van der Waals surface area contributed by atoms with E-state index in [1.165, 1.54) is 118 Å². The van der Waals surface area contributed by atoms with Crippen molar-refractivity contribution in [2.45, 2.75) is 160 Å². The molecule has 17 heteroatoms. The van der Waals surface area contributed by atoms with Crippen molar-refractivity contribution in [2.24, 2.45) is 0 Å². The maximum atomic E-state index is 12.3. The van der Waals surface area contributed by atoms with Crippen LogP contribution in [0.25, 0.3) is 21.5 Å². The van der Waals surface area contributed by atoms with E-state index in [0.29, 0.717) is 83.9 Å². The van der Waals surface area contributed by atoms with Gasteiger partial charge in [-0.25, -0.2) is 16.8 Å². The summed E-state index contributed by atoms with van der Waals surface area (Å²) in [4.78, 5) is 39.9. The van der Waals surface area contributed by atoms with E-state index in [4.69, 9.17) is 14.2 Å². The van der Waals surface area contributed by atoms with Gasteiger partial charge in [-0.1, -0.05) is 186 Å². The van der Waals surface area contributed by atoms with Crippen molar-refractivity contribution in [3.8, 4) is 17.2 Å². The number of fused-ring (bicyclic) bond motifs is 2. The molecule has 1 amide bonds. The molecule has 2 fully saturated rings. The maximum absolute atomic E-state index is 12.3. The van der Waals surface area contributed by atoms with Gasteiger partial charge in [0.15, 0.2) is 20.4 Å². The topological polar surface area (TPSA) is 205 Å². The van der Waals surface area contributed by atoms with Crippen LogP contribution in [0.3, 0.4) is 0 Å². The van der Waals surface area contributed by atoms with Crippen LogP contribution in [-0.4, -0.2) is 74.1 Å². The van der Waals surface area contributed by atoms with E-state index in [0.717, 1.165) is 47.0 Å². The Hall–Kier alpha value is -8.55. The third-order valence-corrected chi connectivity index (χ3v) is 24.8. The Kier molecular flexibility index (Phi) is 29.8. The first-order valence-corrected chi connectivity index (χ1v) is 41.2. The highest BCUT2D eigenvalue weighted by atomic mass is 32.2. The molecule has 2 atom stereocenters. The molecule has 0 bridgehead atoms. The largest absolute Gasteiger partial charge is 0.744 e. The second kappa shape index (κ2) is 39.2. The summed E-state index contributed by atoms with van der Waals surface area (Å²) in [6.45, 7) is 9.65. The third kappa shape index (κ3) is 23.8. The van der Waals surface area contributed by atoms with Gasteiger partial charge >= 0.3 is 5.97 Å². The minimum atomic E-state index is -4.63. The van der Waals surface area contributed by atoms with Crippen molar-refractivity contribution in [1.82, 2.24) is 0 Å². The van der Waals surface area contributed by atoms with Gasteiger partial charge in [0.2, 0.25) is 11.7 Å². The minimum absolute atomic E-state index is 0.0278. The summed E-state index contributed by atoms with van der Waals surface area (Å²) < 4.78 is 84.7. The number of nitrogens with one attached hydrogen (secondary N) is 1. The number of carbonyl (C=O) groups is 3. The highest BCUT2D eigenvalue weighted by Gasteiger charge is 2.30. The molecule has 1 saturated carbocycles. The first-order chi connectivity index (χ1) is 49.3. The molecule has 10 aromatic carbocycles. The zero-order valence-corrected chi connectivity index (χ0v) is 62.0. The predicted molar refractivity (Wildman–Crippen MR) is 412 cm³/mol. The summed E-state index contributed by atoms with van der Waals surface area (Å²) >= 11 is 0. The van der Waals surface area contributed by atoms with Crippen molar-refractivity contribution in [3.05, 3.63) is 259 Å². The molecular weight excluding hydrogens is 1360 g/mol. The van der Waals surface area contributed by atoms with E-state index in [1.54, 1.807) is 42.5 Å². The lowest BCUT2D eigenvalue weighted by Gasteiger charge is -2.22. The molecule has 1 aliphatic carbocycles. The highest BCUT2D eigenvalue weighted by Crippen LogP contribution is 2.37. The van der Waals surface area contributed by atoms with Gasteiger partial charge in [-0.2, -0.15) is 0 Å². The Morgan fingerprint density at radius 2 is 1.04 bits per heavy atom. The first kappa shape index (κ1) is 77.6. The Morgan fingerprint density at radius 3 is 1.60 bits per heavy atom. The second-order valence-corrected chi connectivity index (χ2v) is 32.9. The van der Waals surface area contributed by atoms with Gasteiger partial charge in [0, 0.05) is 34.9 Å². The Bertz CT molecular complexity index is 4470. The standard InChI is InChI=1S/C25H28O6S.C24H27NO5S.C24H25S.C12H15OS/c1-3-18(2)19-11-13-20(14-12-19)30-17-7-6-10-25(26)31-23-15-16-24(32(27,28)29)22-9-5-4-8-21(22)23;1-3-17(2)18-7-11-22(12-8-18)30-14-4-5-24(26)25-21-10-6-20-16-23(31(27,28)29)13-9-19(20)15-21;1-4-10-20(11-5-1)21-16-18-24(19-17-21)25(22-12-6-2-7-13-22)23-14-8-3-9-15-23;13-12(10-14-8-4-5-9-14)11-6-2-1-3-7-11/h4-5,8-9,11-16,18H,3,6-7,10,17H2,1-2H3,(H,27,28,29);6-13,15-17H,3-5,14H2,1-2H3,(H,25,26)(H,27,28,29);2-3,6-9,12-20H,1,4-5,10-11H2;1-3,6-7H,4-5,8-10H2/q;;2*+1/p-2. The normalized spacial score (nSPS) is 13.8. The quantitative estimate of drug-likeness (QED) is 0.0134. The van der Waals surface area contributed by atoms with Crippen molar-refractivity contribution in [1.29, 1.82) is 0 Å². The van der Waals surface area contributed by atoms with Gasteiger partial charge in [0.05, 0.1) is 33.9 Å². The molecule has 102 heavy (non-hydrogen) atoms. The van der Waals surface area contributed by atoms with Gasteiger partial charge in [0.25, 0.3) is 0 Å². The number of rotatable bonds is 26. The lowest BCUT2D eigenvalue weighted by molar-refractivity contribution is -0.134. The van der Waals surface area contributed by atoms with Crippen LogP contribution in [0.4, 0.5) is 5.69 Å². The molecule has 10 aromatic rings. The number of Topliss-reactive ketones (excluding diaryl/α,β-unsaturated/α-hetero) is 1. The van der Waals surface area contributed by atoms with Crippen LogP contribution in [0.5, 0.6) is 17.2 Å². The third-order valence-electron chi connectivity index (χ3n) is 18.4. The molecule has 1 N–H and O–H groups in total. The predicted octanol–water partition coefficient (Wildman–Crippen LogP) is 19.6. The average Bonchev–Trinajstić information content (AvgIpc) is 0.807. The number of hydrogen-bond donors (Lipinski definition) is 1. The molecule has 0 spiro atoms. The van der Waals surface area contributed by atoms with E-state index in [2.05, 4.69) is 142 Å². The molecule has 2 aliphatic rings. The summed E-state index contributed by atoms with van der Waals surface area (Å²) in [5.74, 6) is 6.76. The summed E-state index contributed by atoms with van der Waals surface area (Å²) in [6, 6.07) is 75.3. The first-order valence-electron chi connectivity index (χ1n) is 35.4. The Morgan fingerprint density at radius 1 is 0.520 bits per heavy atom. The fourth-order valence-electron chi connectivity index (χ4n) is 12.2. The van der Waals surface area contributed by atoms with Crippen molar-refractivity contribution in [3.63, 3.8) is 0 Å². The van der Waals surface area contributed by atoms with E-state index in [-0.39, 0.29) is 44.1 Å². The Balaban J connectivity index is 0.000000163. The number of amides is 1. The number of unbranched alkanes of at least 4 members (excludes halogenated alkanes) is 1. The molecule has 0 aromatic heterocycles. The van der Waals surface area contributed by atoms with Crippen molar-refractivity contribution >= 4 is 86.9 Å². The number of ketones is 1. The van der Waals surface area contributed by atoms with Crippen LogP contribution in [0.2, 0.25) is 0 Å². The number of hydrogen-bond acceptors (Lipinski definition) is 12. The lowest BCUT2D eigenvalue weighted by atomic mass is 9.84. The smallest absolute Gasteiger partial charge is 0.311 e. The molecule has 2 unspecified atom stereocenters. The molecule has 1 heterocycles. The van der Waals surface area contributed by atoms with Crippen LogP contribution in [0, 0.1) is 0 Å². The molecule has 12 rings (SSSR count). The SMILES string of the molecule is CCC(C)c1ccc(OCCCC(=O)Nc2ccc3cc(S(=O)(=O)[O-])ccc3c2)cc1.CCC(C)c1ccc(OCCCCC(=O)Oc2ccc(S(=O)(=O)[O-])c3ccccc23)cc1.O=C(C[S+]1CCCC1)c1ccccc1.c1ccc([S+](c2ccccc2)c2ccc(C3CCCCC3)cc2)cc1. The van der Waals surface area contributed by atoms with Crippen LogP contribution in [0.1, 0.15) is 162 Å². The second-order valence-electron chi connectivity index (χ2n) is 25.8. The highest BCUT2D eigenvalue weighted by molar-refractivity contribution is 7.97. The number of anilines is 1. The van der Waals surface area contributed by atoms with Crippen LogP contribution in [0.15, 0.2) is 261 Å². The summed E-state index contributed by atoms with van der Waals surface area (Å²) in [7, 11) is -8.76. The zero-order chi connectivity index (χ0) is 72.3.